The van der Waals surface area contributed by atoms with E-state index >= 15 is 0 Å². The molecule has 2 N–H and O–H groups in total. The molecule has 3 aromatic rings. The Labute approximate surface area is 162 Å². The molecule has 1 heterocycles. The van der Waals surface area contributed by atoms with Crippen LogP contribution in [0.4, 0.5) is 17.1 Å². The van der Waals surface area contributed by atoms with E-state index in [-0.39, 0.29) is 24.3 Å². The Bertz CT molecular complexity index is 1040. The van der Waals surface area contributed by atoms with E-state index in [1.54, 1.807) is 36.5 Å². The molecule has 0 unspecified atom stereocenters. The van der Waals surface area contributed by atoms with E-state index in [0.29, 0.717) is 22.6 Å². The molecule has 3 rings (SSSR count). The van der Waals surface area contributed by atoms with Crippen LogP contribution >= 0.6 is 0 Å². The molecule has 142 valence electrons. The van der Waals surface area contributed by atoms with Crippen molar-refractivity contribution in [3.8, 4) is 0 Å². The minimum atomic E-state index is -0.349. The fourth-order valence-electron chi connectivity index (χ4n) is 2.88. The Balaban J connectivity index is 1.80. The SMILES string of the molecule is CC(=O)Nc1cccc(N(CC(=O)Nc2cccc3cccnc23)C(C)=O)c1. The summed E-state index contributed by atoms with van der Waals surface area (Å²) in [7, 11) is 0. The lowest BCUT2D eigenvalue weighted by molar-refractivity contribution is -0.120. The topological polar surface area (TPSA) is 91.4 Å². The van der Waals surface area contributed by atoms with Crippen molar-refractivity contribution in [3.05, 3.63) is 60.8 Å². The van der Waals surface area contributed by atoms with Crippen molar-refractivity contribution in [2.24, 2.45) is 0 Å². The lowest BCUT2D eigenvalue weighted by atomic mass is 10.2. The summed E-state index contributed by atoms with van der Waals surface area (Å²) in [5.41, 5.74) is 2.33. The second-order valence-electron chi connectivity index (χ2n) is 6.27. The van der Waals surface area contributed by atoms with E-state index in [2.05, 4.69) is 15.6 Å². The lowest BCUT2D eigenvalue weighted by Crippen LogP contribution is -2.36. The second-order valence-corrected chi connectivity index (χ2v) is 6.27. The highest BCUT2D eigenvalue weighted by atomic mass is 16.2. The van der Waals surface area contributed by atoms with Gasteiger partial charge in [-0.2, -0.15) is 0 Å². The average molecular weight is 376 g/mol. The molecule has 0 aliphatic carbocycles. The van der Waals surface area contributed by atoms with E-state index in [0.717, 1.165) is 5.39 Å². The van der Waals surface area contributed by atoms with Gasteiger partial charge >= 0.3 is 0 Å². The van der Waals surface area contributed by atoms with Crippen molar-refractivity contribution < 1.29 is 14.4 Å². The molecule has 0 aliphatic rings. The van der Waals surface area contributed by atoms with Gasteiger partial charge in [0.15, 0.2) is 0 Å². The molecule has 0 atom stereocenters. The number of pyridine rings is 1. The van der Waals surface area contributed by atoms with Crippen LogP contribution in [0.5, 0.6) is 0 Å². The van der Waals surface area contributed by atoms with E-state index in [9.17, 15) is 14.4 Å². The first-order chi connectivity index (χ1) is 13.4. The zero-order valence-corrected chi connectivity index (χ0v) is 15.6. The highest BCUT2D eigenvalue weighted by molar-refractivity contribution is 6.05. The van der Waals surface area contributed by atoms with E-state index < -0.39 is 0 Å². The van der Waals surface area contributed by atoms with Crippen molar-refractivity contribution in [3.63, 3.8) is 0 Å². The highest BCUT2D eigenvalue weighted by Gasteiger charge is 2.17. The van der Waals surface area contributed by atoms with Crippen LogP contribution in [0.1, 0.15) is 13.8 Å². The number of benzene rings is 2. The van der Waals surface area contributed by atoms with Crippen LogP contribution < -0.4 is 15.5 Å². The van der Waals surface area contributed by atoms with Gasteiger partial charge in [-0.25, -0.2) is 0 Å². The molecule has 0 fully saturated rings. The fraction of sp³-hybridized carbons (Fsp3) is 0.143. The molecule has 0 saturated carbocycles. The molecular weight excluding hydrogens is 356 g/mol. The summed E-state index contributed by atoms with van der Waals surface area (Å²) in [6, 6.07) is 16.0. The maximum absolute atomic E-state index is 12.6. The van der Waals surface area contributed by atoms with E-state index in [4.69, 9.17) is 0 Å². The Morgan fingerprint density at radius 2 is 1.71 bits per heavy atom. The van der Waals surface area contributed by atoms with Crippen LogP contribution in [0.2, 0.25) is 0 Å². The van der Waals surface area contributed by atoms with Crippen molar-refractivity contribution in [1.82, 2.24) is 4.98 Å². The summed E-state index contributed by atoms with van der Waals surface area (Å²) in [5.74, 6) is -0.850. The number of aromatic nitrogens is 1. The molecule has 28 heavy (non-hydrogen) atoms. The summed E-state index contributed by atoms with van der Waals surface area (Å²) in [4.78, 5) is 41.6. The van der Waals surface area contributed by atoms with Crippen molar-refractivity contribution in [2.45, 2.75) is 13.8 Å². The number of nitrogens with one attached hydrogen (secondary N) is 2. The average Bonchev–Trinajstić information content (AvgIpc) is 2.66. The van der Waals surface area contributed by atoms with Crippen molar-refractivity contribution in [1.29, 1.82) is 0 Å². The number of nitrogens with zero attached hydrogens (tertiary/aromatic N) is 2. The molecule has 3 amide bonds. The van der Waals surface area contributed by atoms with Gasteiger partial charge in [-0.15, -0.1) is 0 Å². The first-order valence-electron chi connectivity index (χ1n) is 8.73. The number of rotatable bonds is 5. The number of anilines is 3. The molecule has 7 heteroatoms. The molecule has 0 bridgehead atoms. The monoisotopic (exact) mass is 376 g/mol. The summed E-state index contributed by atoms with van der Waals surface area (Å²) in [6.07, 6.45) is 1.66. The Kier molecular flexibility index (Phi) is 5.64. The zero-order chi connectivity index (χ0) is 20.1. The summed E-state index contributed by atoms with van der Waals surface area (Å²) in [5, 5.41) is 6.40. The smallest absolute Gasteiger partial charge is 0.244 e. The standard InChI is InChI=1S/C21H20N4O3/c1-14(26)23-17-8-4-9-18(12-17)25(15(2)27)13-20(28)24-19-10-3-6-16-7-5-11-22-21(16)19/h3-12H,13H2,1-2H3,(H,23,26)(H,24,28). The van der Waals surface area contributed by atoms with Gasteiger partial charge in [0, 0.05) is 36.8 Å². The van der Waals surface area contributed by atoms with Crippen molar-refractivity contribution >= 4 is 45.7 Å². The number of amides is 3. The molecule has 7 nitrogen and oxygen atoms in total. The largest absolute Gasteiger partial charge is 0.326 e. The van der Waals surface area contributed by atoms with Crippen molar-refractivity contribution in [2.75, 3.05) is 22.1 Å². The van der Waals surface area contributed by atoms with Crippen LogP contribution in [0.3, 0.4) is 0 Å². The predicted molar refractivity (Wildman–Crippen MR) is 109 cm³/mol. The fourth-order valence-corrected chi connectivity index (χ4v) is 2.88. The third-order valence-electron chi connectivity index (χ3n) is 4.07. The number of hydrogen-bond donors (Lipinski definition) is 2. The van der Waals surface area contributed by atoms with Gasteiger partial charge in [0.2, 0.25) is 17.7 Å². The molecule has 2 aromatic carbocycles. The first kappa shape index (κ1) is 19.0. The minimum Gasteiger partial charge on any atom is -0.326 e. The molecule has 0 spiro atoms. The molecule has 0 radical (unpaired) electrons. The molecular formula is C21H20N4O3. The third kappa shape index (κ3) is 4.50. The lowest BCUT2D eigenvalue weighted by Gasteiger charge is -2.21. The van der Waals surface area contributed by atoms with Crippen LogP contribution in [0.25, 0.3) is 10.9 Å². The number of carbonyl (C=O) groups excluding carboxylic acids is 3. The Morgan fingerprint density at radius 3 is 2.46 bits per heavy atom. The molecule has 1 aromatic heterocycles. The Hall–Kier alpha value is -3.74. The number of carbonyl (C=O) groups is 3. The van der Waals surface area contributed by atoms with Gasteiger partial charge in [-0.05, 0) is 30.3 Å². The van der Waals surface area contributed by atoms with E-state index in [1.165, 1.54) is 18.7 Å². The summed E-state index contributed by atoms with van der Waals surface area (Å²) in [6.45, 7) is 2.63. The van der Waals surface area contributed by atoms with Gasteiger partial charge in [-0.3, -0.25) is 19.4 Å². The van der Waals surface area contributed by atoms with Gasteiger partial charge in [0.1, 0.15) is 6.54 Å². The highest BCUT2D eigenvalue weighted by Crippen LogP contribution is 2.22. The number of para-hydroxylation sites is 1. The molecule has 0 saturated heterocycles. The van der Waals surface area contributed by atoms with Gasteiger partial charge in [0.05, 0.1) is 11.2 Å². The van der Waals surface area contributed by atoms with Crippen LogP contribution in [0.15, 0.2) is 60.8 Å². The number of fused-ring (bicyclic) bond motifs is 1. The van der Waals surface area contributed by atoms with Crippen LogP contribution in [0, 0.1) is 0 Å². The minimum absolute atomic E-state index is 0.165. The van der Waals surface area contributed by atoms with Gasteiger partial charge < -0.3 is 15.5 Å². The second kappa shape index (κ2) is 8.30. The van der Waals surface area contributed by atoms with Gasteiger partial charge in [0.25, 0.3) is 0 Å². The predicted octanol–water partition coefficient (Wildman–Crippen LogP) is 3.18. The van der Waals surface area contributed by atoms with Gasteiger partial charge in [-0.1, -0.05) is 24.3 Å². The summed E-state index contributed by atoms with van der Waals surface area (Å²) >= 11 is 0. The first-order valence-corrected chi connectivity index (χ1v) is 8.73. The van der Waals surface area contributed by atoms with E-state index in [1.807, 2.05) is 24.3 Å². The quantitative estimate of drug-likeness (QED) is 0.715. The number of hydrogen-bond acceptors (Lipinski definition) is 4. The maximum atomic E-state index is 12.6. The normalized spacial score (nSPS) is 10.4. The summed E-state index contributed by atoms with van der Waals surface area (Å²) < 4.78 is 0. The Morgan fingerprint density at radius 1 is 0.964 bits per heavy atom. The maximum Gasteiger partial charge on any atom is 0.244 e. The zero-order valence-electron chi connectivity index (χ0n) is 15.6. The third-order valence-corrected chi connectivity index (χ3v) is 4.07. The van der Waals surface area contributed by atoms with Crippen LogP contribution in [-0.2, 0) is 14.4 Å². The van der Waals surface area contributed by atoms with Crippen LogP contribution in [-0.4, -0.2) is 29.3 Å². The molecule has 0 aliphatic heterocycles.